The van der Waals surface area contributed by atoms with Crippen molar-refractivity contribution in [2.75, 3.05) is 25.6 Å². The van der Waals surface area contributed by atoms with E-state index in [2.05, 4.69) is 21.6 Å². The molecule has 1 heterocycles. The van der Waals surface area contributed by atoms with E-state index in [0.29, 0.717) is 34.9 Å². The van der Waals surface area contributed by atoms with Crippen LogP contribution >= 0.6 is 0 Å². The van der Waals surface area contributed by atoms with Crippen LogP contribution in [-0.2, 0) is 0 Å². The predicted octanol–water partition coefficient (Wildman–Crippen LogP) is 6.59. The van der Waals surface area contributed by atoms with Gasteiger partial charge in [0.15, 0.2) is 11.5 Å². The standard InChI is InChI=1S/C34H32N4O4/c1-5-41-30-19-23(13-18-29(30)42-34(40)25-14-11-22(2)12-15-25)21-35-37-33(39)32-31(24-9-7-6-8-10-24)27-20-26(38(3)4)16-17-28(27)36-32/h6-21,36H,5H2,1-4H3,(H,37,39). The number of benzene rings is 4. The number of aryl methyl sites for hydroxylation is 1. The maximum Gasteiger partial charge on any atom is 0.343 e. The second-order valence-corrected chi connectivity index (χ2v) is 9.96. The molecule has 2 N–H and O–H groups in total. The van der Waals surface area contributed by atoms with Gasteiger partial charge in [0.25, 0.3) is 5.91 Å². The van der Waals surface area contributed by atoms with Crippen LogP contribution < -0.4 is 19.8 Å². The van der Waals surface area contributed by atoms with E-state index in [1.807, 2.05) is 87.4 Å². The molecule has 8 nitrogen and oxygen atoms in total. The number of hydrogen-bond acceptors (Lipinski definition) is 6. The maximum atomic E-state index is 13.4. The maximum absolute atomic E-state index is 13.4. The number of carbonyl (C=O) groups excluding carboxylic acids is 2. The Morgan fingerprint density at radius 2 is 1.69 bits per heavy atom. The highest BCUT2D eigenvalue weighted by atomic mass is 16.6. The lowest BCUT2D eigenvalue weighted by Gasteiger charge is -2.12. The SMILES string of the molecule is CCOc1cc(C=NNC(=O)c2[nH]c3ccc(N(C)C)cc3c2-c2ccccc2)ccc1OC(=O)c1ccc(C)cc1. The molecular weight excluding hydrogens is 528 g/mol. The normalized spacial score (nSPS) is 11.0. The van der Waals surface area contributed by atoms with Gasteiger partial charge < -0.3 is 19.4 Å². The van der Waals surface area contributed by atoms with Crippen LogP contribution in [0.1, 0.15) is 38.9 Å². The average Bonchev–Trinajstić information content (AvgIpc) is 3.38. The Labute approximate surface area is 244 Å². The minimum atomic E-state index is -0.477. The van der Waals surface area contributed by atoms with Gasteiger partial charge in [0, 0.05) is 36.2 Å². The van der Waals surface area contributed by atoms with Gasteiger partial charge in [-0.15, -0.1) is 0 Å². The van der Waals surface area contributed by atoms with E-state index in [4.69, 9.17) is 9.47 Å². The molecule has 0 atom stereocenters. The molecule has 0 saturated carbocycles. The summed E-state index contributed by atoms with van der Waals surface area (Å²) in [4.78, 5) is 31.3. The molecule has 1 aromatic heterocycles. The summed E-state index contributed by atoms with van der Waals surface area (Å²) < 4.78 is 11.3. The third kappa shape index (κ3) is 6.18. The molecule has 0 aliphatic rings. The molecule has 0 aliphatic carbocycles. The van der Waals surface area contributed by atoms with Gasteiger partial charge in [-0.3, -0.25) is 4.79 Å². The van der Waals surface area contributed by atoms with Gasteiger partial charge in [-0.25, -0.2) is 10.2 Å². The van der Waals surface area contributed by atoms with Crippen LogP contribution in [-0.4, -0.2) is 43.8 Å². The van der Waals surface area contributed by atoms with Gasteiger partial charge >= 0.3 is 5.97 Å². The highest BCUT2D eigenvalue weighted by Crippen LogP contribution is 2.35. The van der Waals surface area contributed by atoms with Gasteiger partial charge in [-0.1, -0.05) is 48.0 Å². The van der Waals surface area contributed by atoms with Gasteiger partial charge in [0.2, 0.25) is 0 Å². The zero-order valence-electron chi connectivity index (χ0n) is 24.0. The molecular formula is C34H32N4O4. The van der Waals surface area contributed by atoms with E-state index < -0.39 is 5.97 Å². The Kier molecular flexibility index (Phi) is 8.34. The summed E-state index contributed by atoms with van der Waals surface area (Å²) in [5.41, 5.74) is 8.82. The lowest BCUT2D eigenvalue weighted by atomic mass is 10.0. The van der Waals surface area contributed by atoms with Crippen molar-refractivity contribution in [3.8, 4) is 22.6 Å². The number of hydrogen-bond donors (Lipinski definition) is 2. The van der Waals surface area contributed by atoms with Gasteiger partial charge in [-0.2, -0.15) is 5.10 Å². The molecule has 0 fully saturated rings. The third-order valence-corrected chi connectivity index (χ3v) is 6.73. The molecule has 5 aromatic rings. The van der Waals surface area contributed by atoms with Crippen LogP contribution in [0.4, 0.5) is 5.69 Å². The Hall–Kier alpha value is -5.37. The molecule has 0 aliphatic heterocycles. The van der Waals surface area contributed by atoms with E-state index in [-0.39, 0.29) is 5.91 Å². The third-order valence-electron chi connectivity index (χ3n) is 6.73. The summed E-state index contributed by atoms with van der Waals surface area (Å²) >= 11 is 0. The van der Waals surface area contributed by atoms with Gasteiger partial charge in [-0.05, 0) is 73.5 Å². The van der Waals surface area contributed by atoms with Crippen molar-refractivity contribution in [3.05, 3.63) is 113 Å². The van der Waals surface area contributed by atoms with Gasteiger partial charge in [0.1, 0.15) is 5.69 Å². The average molecular weight is 561 g/mol. The summed E-state index contributed by atoms with van der Waals surface area (Å²) in [7, 11) is 3.96. The number of hydrazone groups is 1. The van der Waals surface area contributed by atoms with E-state index >= 15 is 0 Å². The zero-order chi connectivity index (χ0) is 29.6. The highest BCUT2D eigenvalue weighted by Gasteiger charge is 2.20. The first kappa shape index (κ1) is 28.2. The molecule has 0 spiro atoms. The van der Waals surface area contributed by atoms with Crippen molar-refractivity contribution in [2.24, 2.45) is 5.10 Å². The first-order valence-electron chi connectivity index (χ1n) is 13.6. The first-order chi connectivity index (χ1) is 20.3. The van der Waals surface area contributed by atoms with Crippen LogP contribution in [0.15, 0.2) is 96.1 Å². The number of rotatable bonds is 9. The predicted molar refractivity (Wildman–Crippen MR) is 167 cm³/mol. The summed E-state index contributed by atoms with van der Waals surface area (Å²) in [5, 5.41) is 5.14. The fraction of sp³-hybridized carbons (Fsp3) is 0.147. The van der Waals surface area contributed by atoms with Crippen molar-refractivity contribution >= 4 is 34.7 Å². The van der Waals surface area contributed by atoms with Gasteiger partial charge in [0.05, 0.1) is 18.4 Å². The van der Waals surface area contributed by atoms with Crippen molar-refractivity contribution in [3.63, 3.8) is 0 Å². The number of aromatic nitrogens is 1. The lowest BCUT2D eigenvalue weighted by molar-refractivity contribution is 0.0728. The zero-order valence-corrected chi connectivity index (χ0v) is 24.0. The number of fused-ring (bicyclic) bond motifs is 1. The Morgan fingerprint density at radius 1 is 0.929 bits per heavy atom. The number of ether oxygens (including phenoxy) is 2. The summed E-state index contributed by atoms with van der Waals surface area (Å²) in [6.45, 7) is 4.18. The van der Waals surface area contributed by atoms with Crippen molar-refractivity contribution < 1.29 is 19.1 Å². The number of nitrogens with zero attached hydrogens (tertiary/aromatic N) is 2. The van der Waals surface area contributed by atoms with E-state index in [9.17, 15) is 9.59 Å². The molecule has 0 unspecified atom stereocenters. The van der Waals surface area contributed by atoms with Crippen LogP contribution in [0.25, 0.3) is 22.0 Å². The second kappa shape index (κ2) is 12.4. The summed E-state index contributed by atoms with van der Waals surface area (Å²) in [5.74, 6) is -0.158. The Bertz CT molecular complexity index is 1760. The number of H-pyrrole nitrogens is 1. The molecule has 8 heteroatoms. The Balaban J connectivity index is 1.37. The molecule has 212 valence electrons. The molecule has 0 saturated heterocycles. The number of carbonyl (C=O) groups is 2. The quantitative estimate of drug-likeness (QED) is 0.0918. The fourth-order valence-electron chi connectivity index (χ4n) is 4.56. The Morgan fingerprint density at radius 3 is 2.40 bits per heavy atom. The van der Waals surface area contributed by atoms with Crippen molar-refractivity contribution in [2.45, 2.75) is 13.8 Å². The number of esters is 1. The summed E-state index contributed by atoms with van der Waals surface area (Å²) in [6, 6.07) is 28.1. The smallest absolute Gasteiger partial charge is 0.343 e. The second-order valence-electron chi connectivity index (χ2n) is 9.96. The lowest BCUT2D eigenvalue weighted by Crippen LogP contribution is -2.18. The molecule has 5 rings (SSSR count). The molecule has 1 amide bonds. The molecule has 0 radical (unpaired) electrons. The summed E-state index contributed by atoms with van der Waals surface area (Å²) in [6.07, 6.45) is 1.51. The van der Waals surface area contributed by atoms with Crippen LogP contribution in [0.5, 0.6) is 11.5 Å². The van der Waals surface area contributed by atoms with Crippen molar-refractivity contribution in [1.82, 2.24) is 10.4 Å². The van der Waals surface area contributed by atoms with Crippen LogP contribution in [0.3, 0.4) is 0 Å². The highest BCUT2D eigenvalue weighted by molar-refractivity contribution is 6.10. The topological polar surface area (TPSA) is 96.0 Å². The number of anilines is 1. The van der Waals surface area contributed by atoms with E-state index in [1.165, 1.54) is 6.21 Å². The van der Waals surface area contributed by atoms with E-state index in [0.717, 1.165) is 33.3 Å². The van der Waals surface area contributed by atoms with Crippen LogP contribution in [0, 0.1) is 6.92 Å². The van der Waals surface area contributed by atoms with E-state index in [1.54, 1.807) is 30.3 Å². The molecule has 4 aromatic carbocycles. The first-order valence-corrected chi connectivity index (χ1v) is 13.6. The number of aromatic amines is 1. The molecule has 42 heavy (non-hydrogen) atoms. The van der Waals surface area contributed by atoms with Crippen LogP contribution in [0.2, 0.25) is 0 Å². The largest absolute Gasteiger partial charge is 0.490 e. The minimum Gasteiger partial charge on any atom is -0.490 e. The number of nitrogens with one attached hydrogen (secondary N) is 2. The number of amides is 1. The monoisotopic (exact) mass is 560 g/mol. The fourth-order valence-corrected chi connectivity index (χ4v) is 4.56. The molecule has 0 bridgehead atoms. The minimum absolute atomic E-state index is 0.297. The van der Waals surface area contributed by atoms with Crippen molar-refractivity contribution in [1.29, 1.82) is 0 Å².